The number of benzene rings is 1. The predicted molar refractivity (Wildman–Crippen MR) is 50.0 cm³/mol. The maximum absolute atomic E-state index is 11.2. The first-order chi connectivity index (χ1) is 6.56. The summed E-state index contributed by atoms with van der Waals surface area (Å²) in [6.45, 7) is 0. The monoisotopic (exact) mass is 194 g/mol. The van der Waals surface area contributed by atoms with Gasteiger partial charge >= 0.3 is 0 Å². The SMILES string of the molecule is CNC(=O)c1ccc(O)c(C(N)=O)c1. The Balaban J connectivity index is 3.19. The van der Waals surface area contributed by atoms with E-state index in [4.69, 9.17) is 5.73 Å². The van der Waals surface area contributed by atoms with E-state index in [0.29, 0.717) is 0 Å². The van der Waals surface area contributed by atoms with Gasteiger partial charge in [-0.2, -0.15) is 0 Å². The molecule has 74 valence electrons. The highest BCUT2D eigenvalue weighted by molar-refractivity contribution is 6.00. The van der Waals surface area contributed by atoms with Gasteiger partial charge in [-0.05, 0) is 18.2 Å². The van der Waals surface area contributed by atoms with Crippen LogP contribution in [-0.2, 0) is 0 Å². The van der Waals surface area contributed by atoms with Crippen LogP contribution in [0.15, 0.2) is 18.2 Å². The Morgan fingerprint density at radius 2 is 2.07 bits per heavy atom. The van der Waals surface area contributed by atoms with Crippen LogP contribution in [0, 0.1) is 0 Å². The van der Waals surface area contributed by atoms with Gasteiger partial charge in [0, 0.05) is 12.6 Å². The first-order valence-electron chi connectivity index (χ1n) is 3.91. The van der Waals surface area contributed by atoms with E-state index in [1.54, 1.807) is 0 Å². The fraction of sp³-hybridized carbons (Fsp3) is 0.111. The molecule has 0 spiro atoms. The van der Waals surface area contributed by atoms with Gasteiger partial charge in [-0.1, -0.05) is 0 Å². The number of carbonyl (C=O) groups excluding carboxylic acids is 2. The summed E-state index contributed by atoms with van der Waals surface area (Å²) in [6, 6.07) is 3.90. The molecular weight excluding hydrogens is 184 g/mol. The van der Waals surface area contributed by atoms with E-state index in [1.807, 2.05) is 0 Å². The minimum absolute atomic E-state index is 0.0638. The number of aromatic hydroxyl groups is 1. The molecule has 1 aromatic carbocycles. The standard InChI is InChI=1S/C9H10N2O3/c1-11-9(14)5-2-3-7(12)6(4-5)8(10)13/h2-4,12H,1H3,(H2,10,13)(H,11,14). The lowest BCUT2D eigenvalue weighted by atomic mass is 10.1. The predicted octanol–water partition coefficient (Wildman–Crippen LogP) is -0.149. The highest BCUT2D eigenvalue weighted by Crippen LogP contribution is 2.17. The molecule has 0 aliphatic carbocycles. The second kappa shape index (κ2) is 3.78. The molecule has 1 aromatic rings. The van der Waals surface area contributed by atoms with Crippen molar-refractivity contribution < 1.29 is 14.7 Å². The van der Waals surface area contributed by atoms with E-state index in [1.165, 1.54) is 25.2 Å². The van der Waals surface area contributed by atoms with Crippen LogP contribution in [0.25, 0.3) is 0 Å². The van der Waals surface area contributed by atoms with Gasteiger partial charge in [0.2, 0.25) is 0 Å². The summed E-state index contributed by atoms with van der Waals surface area (Å²) in [5.74, 6) is -1.34. The maximum Gasteiger partial charge on any atom is 0.252 e. The smallest absolute Gasteiger partial charge is 0.252 e. The lowest BCUT2D eigenvalue weighted by Crippen LogP contribution is -2.19. The van der Waals surface area contributed by atoms with Crippen LogP contribution >= 0.6 is 0 Å². The van der Waals surface area contributed by atoms with Gasteiger partial charge in [-0.15, -0.1) is 0 Å². The number of amides is 2. The first-order valence-corrected chi connectivity index (χ1v) is 3.91. The Labute approximate surface area is 80.5 Å². The third-order valence-electron chi connectivity index (χ3n) is 1.75. The van der Waals surface area contributed by atoms with Gasteiger partial charge in [0.25, 0.3) is 11.8 Å². The number of hydrogen-bond donors (Lipinski definition) is 3. The van der Waals surface area contributed by atoms with E-state index < -0.39 is 5.91 Å². The number of nitrogens with two attached hydrogens (primary N) is 1. The fourth-order valence-electron chi connectivity index (χ4n) is 1.02. The topological polar surface area (TPSA) is 92.4 Å². The molecule has 1 rings (SSSR count). The number of phenols is 1. The summed E-state index contributed by atoms with van der Waals surface area (Å²) in [5, 5.41) is 11.6. The Kier molecular flexibility index (Phi) is 2.71. The van der Waals surface area contributed by atoms with E-state index in [9.17, 15) is 14.7 Å². The lowest BCUT2D eigenvalue weighted by Gasteiger charge is -2.03. The van der Waals surface area contributed by atoms with Crippen LogP contribution in [0.3, 0.4) is 0 Å². The molecule has 0 bridgehead atoms. The van der Waals surface area contributed by atoms with Crippen LogP contribution in [-0.4, -0.2) is 24.0 Å². The van der Waals surface area contributed by atoms with Gasteiger partial charge in [0.1, 0.15) is 5.75 Å². The van der Waals surface area contributed by atoms with E-state index in [2.05, 4.69) is 5.32 Å². The highest BCUT2D eigenvalue weighted by atomic mass is 16.3. The summed E-state index contributed by atoms with van der Waals surface area (Å²) in [4.78, 5) is 22.0. The summed E-state index contributed by atoms with van der Waals surface area (Å²) in [6.07, 6.45) is 0. The molecule has 4 N–H and O–H groups in total. The van der Waals surface area contributed by atoms with E-state index in [-0.39, 0.29) is 22.8 Å². The van der Waals surface area contributed by atoms with Crippen molar-refractivity contribution in [3.05, 3.63) is 29.3 Å². The van der Waals surface area contributed by atoms with Crippen molar-refractivity contribution in [1.29, 1.82) is 0 Å². The molecule has 0 aliphatic heterocycles. The Morgan fingerprint density at radius 3 is 2.57 bits per heavy atom. The van der Waals surface area contributed by atoms with Crippen molar-refractivity contribution in [3.8, 4) is 5.75 Å². The second-order valence-corrected chi connectivity index (χ2v) is 2.68. The molecule has 0 heterocycles. The molecule has 0 radical (unpaired) electrons. The van der Waals surface area contributed by atoms with Gasteiger partial charge in [-0.25, -0.2) is 0 Å². The molecular formula is C9H10N2O3. The lowest BCUT2D eigenvalue weighted by molar-refractivity contribution is 0.0963. The van der Waals surface area contributed by atoms with Gasteiger partial charge in [-0.3, -0.25) is 9.59 Å². The quantitative estimate of drug-likeness (QED) is 0.611. The number of rotatable bonds is 2. The average molecular weight is 194 g/mol. The van der Waals surface area contributed by atoms with Crippen LogP contribution < -0.4 is 11.1 Å². The van der Waals surface area contributed by atoms with Crippen molar-refractivity contribution in [2.24, 2.45) is 5.73 Å². The number of carbonyl (C=O) groups is 2. The number of primary amides is 1. The first kappa shape index (κ1) is 10.0. The summed E-state index contributed by atoms with van der Waals surface area (Å²) < 4.78 is 0. The van der Waals surface area contributed by atoms with Crippen LogP contribution in [0.2, 0.25) is 0 Å². The maximum atomic E-state index is 11.2. The molecule has 0 saturated heterocycles. The number of hydrogen-bond acceptors (Lipinski definition) is 3. The normalized spacial score (nSPS) is 9.50. The zero-order valence-corrected chi connectivity index (χ0v) is 7.57. The molecule has 0 aromatic heterocycles. The van der Waals surface area contributed by atoms with Gasteiger partial charge in [0.05, 0.1) is 5.56 Å². The molecule has 5 heteroatoms. The van der Waals surface area contributed by atoms with Gasteiger partial charge in [0.15, 0.2) is 0 Å². The Bertz CT molecular complexity index is 388. The van der Waals surface area contributed by atoms with Crippen molar-refractivity contribution in [3.63, 3.8) is 0 Å². The fourth-order valence-corrected chi connectivity index (χ4v) is 1.02. The zero-order valence-electron chi connectivity index (χ0n) is 7.57. The molecule has 14 heavy (non-hydrogen) atoms. The van der Waals surface area contributed by atoms with Crippen molar-refractivity contribution in [1.82, 2.24) is 5.32 Å². The molecule has 0 aliphatic rings. The molecule has 0 saturated carbocycles. The van der Waals surface area contributed by atoms with Gasteiger partial charge < -0.3 is 16.2 Å². The molecule has 2 amide bonds. The Morgan fingerprint density at radius 1 is 1.43 bits per heavy atom. The third kappa shape index (κ3) is 1.82. The third-order valence-corrected chi connectivity index (χ3v) is 1.75. The average Bonchev–Trinajstić information content (AvgIpc) is 2.17. The van der Waals surface area contributed by atoms with Crippen molar-refractivity contribution in [2.45, 2.75) is 0 Å². The van der Waals surface area contributed by atoms with Crippen molar-refractivity contribution in [2.75, 3.05) is 7.05 Å². The van der Waals surface area contributed by atoms with Crippen LogP contribution in [0.1, 0.15) is 20.7 Å². The molecule has 5 nitrogen and oxygen atoms in total. The van der Waals surface area contributed by atoms with Crippen molar-refractivity contribution >= 4 is 11.8 Å². The molecule has 0 atom stereocenters. The minimum Gasteiger partial charge on any atom is -0.507 e. The summed E-state index contributed by atoms with van der Waals surface area (Å²) >= 11 is 0. The Hall–Kier alpha value is -2.04. The molecule has 0 unspecified atom stereocenters. The molecule has 0 fully saturated rings. The zero-order chi connectivity index (χ0) is 10.7. The second-order valence-electron chi connectivity index (χ2n) is 2.68. The summed E-state index contributed by atoms with van der Waals surface area (Å²) in [5.41, 5.74) is 5.21. The van der Waals surface area contributed by atoms with Crippen LogP contribution in [0.5, 0.6) is 5.75 Å². The van der Waals surface area contributed by atoms with E-state index >= 15 is 0 Å². The number of nitrogens with one attached hydrogen (secondary N) is 1. The highest BCUT2D eigenvalue weighted by Gasteiger charge is 2.11. The minimum atomic E-state index is -0.770. The largest absolute Gasteiger partial charge is 0.507 e. The van der Waals surface area contributed by atoms with E-state index in [0.717, 1.165) is 0 Å². The van der Waals surface area contributed by atoms with Crippen LogP contribution in [0.4, 0.5) is 0 Å². The summed E-state index contributed by atoms with van der Waals surface area (Å²) in [7, 11) is 1.47.